The van der Waals surface area contributed by atoms with Crippen molar-refractivity contribution in [3.63, 3.8) is 0 Å². The Morgan fingerprint density at radius 2 is 1.53 bits per heavy atom. The summed E-state index contributed by atoms with van der Waals surface area (Å²) < 4.78 is 10.9. The molecule has 0 spiro atoms. The molecule has 186 valence electrons. The Morgan fingerprint density at radius 3 is 2.17 bits per heavy atom. The van der Waals surface area contributed by atoms with Crippen LogP contribution in [0.1, 0.15) is 29.3 Å². The maximum absolute atomic E-state index is 13.2. The minimum Gasteiger partial charge on any atom is -0.494 e. The summed E-state index contributed by atoms with van der Waals surface area (Å²) in [6, 6.07) is 19.7. The van der Waals surface area contributed by atoms with Gasteiger partial charge in [0.05, 0.1) is 31.5 Å². The Morgan fingerprint density at radius 1 is 0.917 bits per heavy atom. The Labute approximate surface area is 210 Å². The first kappa shape index (κ1) is 24.8. The highest BCUT2D eigenvalue weighted by atomic mass is 16.5. The Kier molecular flexibility index (Phi) is 7.53. The van der Waals surface area contributed by atoms with Crippen molar-refractivity contribution in [2.75, 3.05) is 36.3 Å². The molecule has 3 aromatic carbocycles. The summed E-state index contributed by atoms with van der Waals surface area (Å²) in [4.78, 5) is 40.2. The molecular formula is C28H29N3O5. The quantitative estimate of drug-likeness (QED) is 0.487. The van der Waals surface area contributed by atoms with Gasteiger partial charge in [-0.3, -0.25) is 14.4 Å². The lowest BCUT2D eigenvalue weighted by molar-refractivity contribution is -0.122. The van der Waals surface area contributed by atoms with Gasteiger partial charge < -0.3 is 25.0 Å². The molecule has 4 rings (SSSR count). The number of carbonyl (C=O) groups is 3. The Balaban J connectivity index is 1.52. The minimum atomic E-state index is -0.518. The molecule has 3 aromatic rings. The maximum Gasteiger partial charge on any atom is 0.255 e. The van der Waals surface area contributed by atoms with E-state index >= 15 is 0 Å². The standard InChI is InChI=1S/C28H29N3O5/c1-4-18-10-8-9-13-23(18)31-17-20(14-26(31)32)28(34)30-22-16-24(35-2)21(15-25(22)36-3)29-27(33)19-11-6-5-7-12-19/h5-13,15-16,20H,4,14,17H2,1-3H3,(H,29,33)(H,30,34). The summed E-state index contributed by atoms with van der Waals surface area (Å²) >= 11 is 0. The third kappa shape index (κ3) is 5.17. The summed E-state index contributed by atoms with van der Waals surface area (Å²) in [6.07, 6.45) is 0.912. The highest BCUT2D eigenvalue weighted by molar-refractivity contribution is 6.06. The van der Waals surface area contributed by atoms with Crippen LogP contribution in [0.2, 0.25) is 0 Å². The lowest BCUT2D eigenvalue weighted by Crippen LogP contribution is -2.28. The average molecular weight is 488 g/mol. The van der Waals surface area contributed by atoms with Gasteiger partial charge in [0, 0.05) is 36.3 Å². The molecule has 0 radical (unpaired) electrons. The van der Waals surface area contributed by atoms with Crippen LogP contribution in [0, 0.1) is 5.92 Å². The summed E-state index contributed by atoms with van der Waals surface area (Å²) in [5, 5.41) is 5.70. The number of anilines is 3. The molecule has 1 atom stereocenters. The molecule has 2 N–H and O–H groups in total. The average Bonchev–Trinajstić information content (AvgIpc) is 3.31. The van der Waals surface area contributed by atoms with Gasteiger partial charge in [0.2, 0.25) is 11.8 Å². The van der Waals surface area contributed by atoms with Gasteiger partial charge >= 0.3 is 0 Å². The number of para-hydroxylation sites is 1. The fourth-order valence-corrected chi connectivity index (χ4v) is 4.30. The minimum absolute atomic E-state index is 0.0837. The van der Waals surface area contributed by atoms with Crippen molar-refractivity contribution in [2.24, 2.45) is 5.92 Å². The molecule has 1 saturated heterocycles. The van der Waals surface area contributed by atoms with Crippen LogP contribution in [0.3, 0.4) is 0 Å². The van der Waals surface area contributed by atoms with E-state index in [1.807, 2.05) is 37.3 Å². The summed E-state index contributed by atoms with van der Waals surface area (Å²) in [5.74, 6) is -0.484. The number of amides is 3. The first-order valence-corrected chi connectivity index (χ1v) is 11.8. The first-order valence-electron chi connectivity index (χ1n) is 11.8. The number of ether oxygens (including phenoxy) is 2. The van der Waals surface area contributed by atoms with E-state index in [-0.39, 0.29) is 24.1 Å². The lowest BCUT2D eigenvalue weighted by atomic mass is 10.1. The third-order valence-electron chi connectivity index (χ3n) is 6.22. The molecule has 1 aliphatic rings. The lowest BCUT2D eigenvalue weighted by Gasteiger charge is -2.20. The van der Waals surface area contributed by atoms with E-state index in [0.717, 1.165) is 17.7 Å². The van der Waals surface area contributed by atoms with Crippen molar-refractivity contribution in [3.05, 3.63) is 77.9 Å². The molecule has 0 aliphatic carbocycles. The van der Waals surface area contributed by atoms with Gasteiger partial charge in [-0.25, -0.2) is 0 Å². The second kappa shape index (κ2) is 10.9. The molecule has 1 aliphatic heterocycles. The van der Waals surface area contributed by atoms with E-state index in [1.54, 1.807) is 41.3 Å². The van der Waals surface area contributed by atoms with E-state index in [2.05, 4.69) is 10.6 Å². The SMILES string of the molecule is CCc1ccccc1N1CC(C(=O)Nc2cc(OC)c(NC(=O)c3ccccc3)cc2OC)CC1=O. The van der Waals surface area contributed by atoms with Gasteiger partial charge in [-0.2, -0.15) is 0 Å². The zero-order chi connectivity index (χ0) is 25.7. The van der Waals surface area contributed by atoms with E-state index in [0.29, 0.717) is 35.0 Å². The zero-order valence-electron chi connectivity index (χ0n) is 20.5. The second-order valence-corrected chi connectivity index (χ2v) is 8.45. The summed E-state index contributed by atoms with van der Waals surface area (Å²) in [6.45, 7) is 2.33. The second-order valence-electron chi connectivity index (χ2n) is 8.45. The number of methoxy groups -OCH3 is 2. The normalized spacial score (nSPS) is 14.9. The van der Waals surface area contributed by atoms with Crippen molar-refractivity contribution < 1.29 is 23.9 Å². The fourth-order valence-electron chi connectivity index (χ4n) is 4.30. The molecule has 8 heteroatoms. The van der Waals surface area contributed by atoms with E-state index < -0.39 is 5.92 Å². The van der Waals surface area contributed by atoms with Crippen LogP contribution in [0.15, 0.2) is 66.7 Å². The number of benzene rings is 3. The highest BCUT2D eigenvalue weighted by Gasteiger charge is 2.36. The predicted molar refractivity (Wildman–Crippen MR) is 139 cm³/mol. The van der Waals surface area contributed by atoms with Gasteiger partial charge in [0.15, 0.2) is 0 Å². The molecule has 1 fully saturated rings. The van der Waals surface area contributed by atoms with Gasteiger partial charge in [0.25, 0.3) is 5.91 Å². The van der Waals surface area contributed by atoms with Gasteiger partial charge in [-0.1, -0.05) is 43.3 Å². The van der Waals surface area contributed by atoms with E-state index in [4.69, 9.17) is 9.47 Å². The van der Waals surface area contributed by atoms with Crippen molar-refractivity contribution in [3.8, 4) is 11.5 Å². The fraction of sp³-hybridized carbons (Fsp3) is 0.250. The molecule has 1 unspecified atom stereocenters. The van der Waals surface area contributed by atoms with Gasteiger partial charge in [-0.15, -0.1) is 0 Å². The van der Waals surface area contributed by atoms with Crippen molar-refractivity contribution in [1.29, 1.82) is 0 Å². The predicted octanol–water partition coefficient (Wildman–Crippen LogP) is 4.51. The Bertz CT molecular complexity index is 1280. The molecule has 0 bridgehead atoms. The third-order valence-corrected chi connectivity index (χ3v) is 6.22. The molecule has 0 saturated carbocycles. The molecule has 8 nitrogen and oxygen atoms in total. The van der Waals surface area contributed by atoms with Crippen molar-refractivity contribution in [2.45, 2.75) is 19.8 Å². The van der Waals surface area contributed by atoms with Crippen LogP contribution >= 0.6 is 0 Å². The number of hydrogen-bond donors (Lipinski definition) is 2. The van der Waals surface area contributed by atoms with Crippen LogP contribution < -0.4 is 25.0 Å². The maximum atomic E-state index is 13.2. The van der Waals surface area contributed by atoms with Crippen molar-refractivity contribution >= 4 is 34.8 Å². The smallest absolute Gasteiger partial charge is 0.255 e. The van der Waals surface area contributed by atoms with Crippen LogP contribution in [0.4, 0.5) is 17.1 Å². The molecular weight excluding hydrogens is 458 g/mol. The molecule has 3 amide bonds. The monoisotopic (exact) mass is 487 g/mol. The zero-order valence-corrected chi connectivity index (χ0v) is 20.5. The van der Waals surface area contributed by atoms with Gasteiger partial charge in [-0.05, 0) is 30.2 Å². The number of carbonyl (C=O) groups excluding carboxylic acids is 3. The first-order chi connectivity index (χ1) is 17.4. The summed E-state index contributed by atoms with van der Waals surface area (Å²) in [5.41, 5.74) is 3.19. The number of hydrogen-bond acceptors (Lipinski definition) is 5. The number of rotatable bonds is 8. The summed E-state index contributed by atoms with van der Waals surface area (Å²) in [7, 11) is 2.95. The molecule has 0 aromatic heterocycles. The van der Waals surface area contributed by atoms with Crippen LogP contribution in [0.5, 0.6) is 11.5 Å². The molecule has 36 heavy (non-hydrogen) atoms. The topological polar surface area (TPSA) is 97.0 Å². The van der Waals surface area contributed by atoms with Crippen LogP contribution in [-0.2, 0) is 16.0 Å². The largest absolute Gasteiger partial charge is 0.494 e. The van der Waals surface area contributed by atoms with Crippen LogP contribution in [0.25, 0.3) is 0 Å². The van der Waals surface area contributed by atoms with Crippen molar-refractivity contribution in [1.82, 2.24) is 0 Å². The Hall–Kier alpha value is -4.33. The van der Waals surface area contributed by atoms with Gasteiger partial charge in [0.1, 0.15) is 11.5 Å². The number of aryl methyl sites for hydroxylation is 1. The van der Waals surface area contributed by atoms with E-state index in [1.165, 1.54) is 14.2 Å². The van der Waals surface area contributed by atoms with E-state index in [9.17, 15) is 14.4 Å². The number of nitrogens with zero attached hydrogens (tertiary/aromatic N) is 1. The molecule has 1 heterocycles. The van der Waals surface area contributed by atoms with Crippen LogP contribution in [-0.4, -0.2) is 38.5 Å². The highest BCUT2D eigenvalue weighted by Crippen LogP contribution is 2.37. The number of nitrogens with one attached hydrogen (secondary N) is 2.